The summed E-state index contributed by atoms with van der Waals surface area (Å²) in [5.41, 5.74) is 1.84. The fourth-order valence-electron chi connectivity index (χ4n) is 2.43. The monoisotopic (exact) mass is 261 g/mol. The van der Waals surface area contributed by atoms with Crippen molar-refractivity contribution in [2.24, 2.45) is 5.41 Å². The van der Waals surface area contributed by atoms with Crippen LogP contribution in [-0.2, 0) is 6.42 Å². The van der Waals surface area contributed by atoms with Crippen molar-refractivity contribution in [1.82, 2.24) is 5.32 Å². The number of hydrogen-bond acceptors (Lipinski definition) is 1. The molecule has 0 heterocycles. The van der Waals surface area contributed by atoms with E-state index in [4.69, 9.17) is 0 Å². The van der Waals surface area contributed by atoms with Crippen molar-refractivity contribution >= 4 is 0 Å². The first kappa shape index (κ1) is 16.2. The van der Waals surface area contributed by atoms with E-state index in [1.54, 1.807) is 0 Å². The number of hydrogen-bond donors (Lipinski definition) is 1. The lowest BCUT2D eigenvalue weighted by Crippen LogP contribution is -2.36. The Morgan fingerprint density at radius 2 is 1.79 bits per heavy atom. The zero-order chi connectivity index (χ0) is 14.1. The highest BCUT2D eigenvalue weighted by Gasteiger charge is 2.17. The first-order valence-electron chi connectivity index (χ1n) is 7.81. The predicted octanol–water partition coefficient (Wildman–Crippen LogP) is 4.81. The van der Waals surface area contributed by atoms with Crippen molar-refractivity contribution in [3.8, 4) is 0 Å². The smallest absolute Gasteiger partial charge is 0.00793 e. The molecule has 0 aliphatic heterocycles. The van der Waals surface area contributed by atoms with Crippen LogP contribution in [-0.4, -0.2) is 12.6 Å². The first-order valence-corrected chi connectivity index (χ1v) is 7.81. The molecule has 108 valence electrons. The Morgan fingerprint density at radius 1 is 1.11 bits per heavy atom. The summed E-state index contributed by atoms with van der Waals surface area (Å²) >= 11 is 0. The second-order valence-electron chi connectivity index (χ2n) is 6.59. The predicted molar refractivity (Wildman–Crippen MR) is 85.5 cm³/mol. The Kier molecular flexibility index (Phi) is 7.15. The zero-order valence-electron chi connectivity index (χ0n) is 13.2. The lowest BCUT2D eigenvalue weighted by Gasteiger charge is -2.27. The maximum absolute atomic E-state index is 3.70. The maximum Gasteiger partial charge on any atom is 0.00793 e. The van der Waals surface area contributed by atoms with E-state index in [0.717, 1.165) is 13.0 Å². The molecule has 1 aromatic rings. The number of nitrogens with one attached hydrogen (secondary N) is 1. The molecule has 0 fully saturated rings. The van der Waals surface area contributed by atoms with Gasteiger partial charge in [-0.15, -0.1) is 0 Å². The molecule has 0 saturated carbocycles. The quantitative estimate of drug-likeness (QED) is 0.629. The molecular weight excluding hydrogens is 230 g/mol. The second kappa shape index (κ2) is 8.37. The van der Waals surface area contributed by atoms with Crippen LogP contribution in [0.4, 0.5) is 0 Å². The van der Waals surface area contributed by atoms with Crippen LogP contribution in [0.15, 0.2) is 30.3 Å². The minimum Gasteiger partial charge on any atom is -0.313 e. The van der Waals surface area contributed by atoms with Gasteiger partial charge in [0.2, 0.25) is 0 Å². The van der Waals surface area contributed by atoms with Crippen molar-refractivity contribution in [2.75, 3.05) is 6.54 Å². The van der Waals surface area contributed by atoms with Crippen LogP contribution >= 0.6 is 0 Å². The Morgan fingerprint density at radius 3 is 2.42 bits per heavy atom. The van der Waals surface area contributed by atoms with Crippen molar-refractivity contribution in [2.45, 2.75) is 65.8 Å². The van der Waals surface area contributed by atoms with Gasteiger partial charge in [-0.2, -0.15) is 0 Å². The second-order valence-corrected chi connectivity index (χ2v) is 6.59. The van der Waals surface area contributed by atoms with Crippen molar-refractivity contribution < 1.29 is 0 Å². The summed E-state index contributed by atoms with van der Waals surface area (Å²) in [6.45, 7) is 10.4. The average molecular weight is 261 g/mol. The van der Waals surface area contributed by atoms with E-state index in [-0.39, 0.29) is 0 Å². The van der Waals surface area contributed by atoms with Crippen molar-refractivity contribution in [1.29, 1.82) is 0 Å². The first-order chi connectivity index (χ1) is 9.03. The number of rotatable bonds is 9. The Balaban J connectivity index is 2.27. The average Bonchev–Trinajstić information content (AvgIpc) is 2.38. The molecule has 1 heteroatoms. The number of unbranched alkanes of at least 4 members (excludes halogenated alkanes) is 2. The van der Waals surface area contributed by atoms with Crippen LogP contribution in [0.25, 0.3) is 0 Å². The molecule has 1 aromatic carbocycles. The Bertz CT molecular complexity index is 329. The van der Waals surface area contributed by atoms with Crippen LogP contribution in [0.5, 0.6) is 0 Å². The van der Waals surface area contributed by atoms with Gasteiger partial charge < -0.3 is 5.32 Å². The summed E-state index contributed by atoms with van der Waals surface area (Å²) in [7, 11) is 0. The van der Waals surface area contributed by atoms with Gasteiger partial charge in [0.15, 0.2) is 0 Å². The SMILES string of the molecule is CCCCCC(C)(C)CNC(C)Cc1ccccc1. The Labute approximate surface area is 119 Å². The van der Waals surface area contributed by atoms with E-state index >= 15 is 0 Å². The number of benzene rings is 1. The van der Waals surface area contributed by atoms with Gasteiger partial charge >= 0.3 is 0 Å². The molecule has 0 aliphatic carbocycles. The van der Waals surface area contributed by atoms with Gasteiger partial charge in [0, 0.05) is 12.6 Å². The summed E-state index contributed by atoms with van der Waals surface area (Å²) in [6, 6.07) is 11.3. The van der Waals surface area contributed by atoms with E-state index in [1.165, 1.54) is 31.2 Å². The van der Waals surface area contributed by atoms with Gasteiger partial charge in [0.1, 0.15) is 0 Å². The summed E-state index contributed by atoms with van der Waals surface area (Å²) in [5.74, 6) is 0. The molecule has 1 atom stereocenters. The molecule has 0 bridgehead atoms. The summed E-state index contributed by atoms with van der Waals surface area (Å²) < 4.78 is 0. The van der Waals surface area contributed by atoms with E-state index in [1.807, 2.05) is 0 Å². The molecule has 1 N–H and O–H groups in total. The molecule has 0 radical (unpaired) electrons. The topological polar surface area (TPSA) is 12.0 Å². The fraction of sp³-hybridized carbons (Fsp3) is 0.667. The van der Waals surface area contributed by atoms with E-state index in [9.17, 15) is 0 Å². The van der Waals surface area contributed by atoms with Crippen LogP contribution in [0.3, 0.4) is 0 Å². The maximum atomic E-state index is 3.70. The van der Waals surface area contributed by atoms with Crippen LogP contribution in [0.2, 0.25) is 0 Å². The normalized spacial score (nSPS) is 13.5. The summed E-state index contributed by atoms with van der Waals surface area (Å²) in [4.78, 5) is 0. The van der Waals surface area contributed by atoms with Gasteiger partial charge in [-0.3, -0.25) is 0 Å². The van der Waals surface area contributed by atoms with Crippen LogP contribution in [0, 0.1) is 5.41 Å². The van der Waals surface area contributed by atoms with Gasteiger partial charge in [0.25, 0.3) is 0 Å². The standard InChI is InChI=1S/C18H31N/c1-5-6-10-13-18(3,4)15-19-16(2)14-17-11-8-7-9-12-17/h7-9,11-12,16,19H,5-6,10,13-15H2,1-4H3. The largest absolute Gasteiger partial charge is 0.313 e. The van der Waals surface area contributed by atoms with Gasteiger partial charge in [-0.25, -0.2) is 0 Å². The van der Waals surface area contributed by atoms with Gasteiger partial charge in [-0.1, -0.05) is 70.4 Å². The molecule has 0 aromatic heterocycles. The third kappa shape index (κ3) is 7.37. The molecule has 1 unspecified atom stereocenters. The summed E-state index contributed by atoms with van der Waals surface area (Å²) in [6.07, 6.45) is 6.48. The van der Waals surface area contributed by atoms with E-state index in [2.05, 4.69) is 63.3 Å². The molecule has 0 aliphatic rings. The van der Waals surface area contributed by atoms with Crippen molar-refractivity contribution in [3.63, 3.8) is 0 Å². The highest BCUT2D eigenvalue weighted by atomic mass is 14.9. The zero-order valence-corrected chi connectivity index (χ0v) is 13.2. The highest BCUT2D eigenvalue weighted by Crippen LogP contribution is 2.22. The summed E-state index contributed by atoms with van der Waals surface area (Å²) in [5, 5.41) is 3.70. The lowest BCUT2D eigenvalue weighted by atomic mass is 9.86. The lowest BCUT2D eigenvalue weighted by molar-refractivity contribution is 0.289. The Hall–Kier alpha value is -0.820. The highest BCUT2D eigenvalue weighted by molar-refractivity contribution is 5.15. The van der Waals surface area contributed by atoms with Gasteiger partial charge in [-0.05, 0) is 30.7 Å². The molecule has 0 amide bonds. The molecular formula is C18H31N. The van der Waals surface area contributed by atoms with Crippen LogP contribution in [0.1, 0.15) is 58.9 Å². The third-order valence-corrected chi connectivity index (χ3v) is 3.77. The van der Waals surface area contributed by atoms with Gasteiger partial charge in [0.05, 0.1) is 0 Å². The third-order valence-electron chi connectivity index (χ3n) is 3.77. The molecule has 19 heavy (non-hydrogen) atoms. The molecule has 1 nitrogen and oxygen atoms in total. The minimum absolute atomic E-state index is 0.417. The molecule has 0 spiro atoms. The van der Waals surface area contributed by atoms with E-state index in [0.29, 0.717) is 11.5 Å². The van der Waals surface area contributed by atoms with Crippen molar-refractivity contribution in [3.05, 3.63) is 35.9 Å². The fourth-order valence-corrected chi connectivity index (χ4v) is 2.43. The molecule has 1 rings (SSSR count). The molecule has 0 saturated heterocycles. The van der Waals surface area contributed by atoms with E-state index < -0.39 is 0 Å². The minimum atomic E-state index is 0.417. The van der Waals surface area contributed by atoms with Crippen LogP contribution < -0.4 is 5.32 Å².